The van der Waals surface area contributed by atoms with Crippen molar-refractivity contribution in [3.8, 4) is 0 Å². The standard InChI is InChI=1S/C14H25NOS/c1-5-9-15-14(7-6-11(2)16-4)13-8-10-17-12(13)3/h8,10-11,14-15H,5-7,9H2,1-4H3. The molecule has 0 saturated heterocycles. The normalized spacial score (nSPS) is 14.8. The summed E-state index contributed by atoms with van der Waals surface area (Å²) in [7, 11) is 1.79. The second-order valence-corrected chi connectivity index (χ2v) is 5.68. The second kappa shape index (κ2) is 7.85. The minimum absolute atomic E-state index is 0.347. The fraction of sp³-hybridized carbons (Fsp3) is 0.714. The maximum Gasteiger partial charge on any atom is 0.0543 e. The van der Waals surface area contributed by atoms with Crippen LogP contribution < -0.4 is 5.32 Å². The summed E-state index contributed by atoms with van der Waals surface area (Å²) in [4.78, 5) is 1.43. The summed E-state index contributed by atoms with van der Waals surface area (Å²) < 4.78 is 5.33. The highest BCUT2D eigenvalue weighted by Gasteiger charge is 2.15. The first-order valence-electron chi connectivity index (χ1n) is 6.49. The Balaban J connectivity index is 2.57. The van der Waals surface area contributed by atoms with Gasteiger partial charge in [0.1, 0.15) is 0 Å². The van der Waals surface area contributed by atoms with Gasteiger partial charge in [-0.2, -0.15) is 0 Å². The van der Waals surface area contributed by atoms with E-state index >= 15 is 0 Å². The average Bonchev–Trinajstić information content (AvgIpc) is 2.75. The number of ether oxygens (including phenoxy) is 1. The number of hydrogen-bond donors (Lipinski definition) is 1. The Hall–Kier alpha value is -0.380. The smallest absolute Gasteiger partial charge is 0.0543 e. The molecule has 0 amide bonds. The summed E-state index contributed by atoms with van der Waals surface area (Å²) in [5.74, 6) is 0. The Morgan fingerprint density at radius 1 is 1.41 bits per heavy atom. The lowest BCUT2D eigenvalue weighted by molar-refractivity contribution is 0.106. The topological polar surface area (TPSA) is 21.3 Å². The molecule has 0 fully saturated rings. The molecule has 2 unspecified atom stereocenters. The number of rotatable bonds is 8. The number of methoxy groups -OCH3 is 1. The molecule has 98 valence electrons. The van der Waals surface area contributed by atoms with Crippen LogP contribution in [0, 0.1) is 6.92 Å². The van der Waals surface area contributed by atoms with E-state index in [9.17, 15) is 0 Å². The van der Waals surface area contributed by atoms with Crippen molar-refractivity contribution in [3.63, 3.8) is 0 Å². The van der Waals surface area contributed by atoms with Gasteiger partial charge in [0.25, 0.3) is 0 Å². The third kappa shape index (κ3) is 4.78. The van der Waals surface area contributed by atoms with E-state index in [2.05, 4.69) is 37.5 Å². The molecule has 1 aromatic rings. The Kier molecular flexibility index (Phi) is 6.78. The highest BCUT2D eigenvalue weighted by molar-refractivity contribution is 7.10. The molecule has 0 aliphatic carbocycles. The quantitative estimate of drug-likeness (QED) is 0.760. The maximum atomic E-state index is 5.33. The lowest BCUT2D eigenvalue weighted by Gasteiger charge is -2.20. The molecule has 1 rings (SSSR count). The van der Waals surface area contributed by atoms with Gasteiger partial charge in [-0.25, -0.2) is 0 Å². The van der Waals surface area contributed by atoms with Gasteiger partial charge < -0.3 is 10.1 Å². The number of hydrogen-bond acceptors (Lipinski definition) is 3. The van der Waals surface area contributed by atoms with Gasteiger partial charge in [0.05, 0.1) is 6.10 Å². The second-order valence-electron chi connectivity index (χ2n) is 4.56. The molecular formula is C14H25NOS. The molecule has 0 bridgehead atoms. The zero-order valence-electron chi connectivity index (χ0n) is 11.5. The van der Waals surface area contributed by atoms with Crippen molar-refractivity contribution in [1.29, 1.82) is 0 Å². The molecule has 2 nitrogen and oxygen atoms in total. The largest absolute Gasteiger partial charge is 0.382 e. The first kappa shape index (κ1) is 14.7. The minimum Gasteiger partial charge on any atom is -0.382 e. The van der Waals surface area contributed by atoms with Crippen LogP contribution in [0.3, 0.4) is 0 Å². The highest BCUT2D eigenvalue weighted by atomic mass is 32.1. The number of nitrogens with one attached hydrogen (secondary N) is 1. The first-order chi connectivity index (χ1) is 8.19. The molecule has 1 heterocycles. The summed E-state index contributed by atoms with van der Waals surface area (Å²) in [6, 6.07) is 2.74. The first-order valence-corrected chi connectivity index (χ1v) is 7.37. The van der Waals surface area contributed by atoms with E-state index in [-0.39, 0.29) is 0 Å². The number of thiophene rings is 1. The minimum atomic E-state index is 0.347. The molecule has 0 aliphatic rings. The maximum absolute atomic E-state index is 5.33. The van der Waals surface area contributed by atoms with Gasteiger partial charge in [-0.1, -0.05) is 6.92 Å². The van der Waals surface area contributed by atoms with Crippen LogP contribution >= 0.6 is 11.3 Å². The predicted octanol–water partition coefficient (Wildman–Crippen LogP) is 3.91. The monoisotopic (exact) mass is 255 g/mol. The summed E-state index contributed by atoms with van der Waals surface area (Å²) in [5, 5.41) is 5.83. The lowest BCUT2D eigenvalue weighted by Crippen LogP contribution is -2.23. The third-order valence-corrected chi connectivity index (χ3v) is 4.04. The fourth-order valence-electron chi connectivity index (χ4n) is 1.96. The molecular weight excluding hydrogens is 230 g/mol. The molecule has 17 heavy (non-hydrogen) atoms. The Morgan fingerprint density at radius 2 is 2.18 bits per heavy atom. The fourth-order valence-corrected chi connectivity index (χ4v) is 2.73. The van der Waals surface area contributed by atoms with Crippen molar-refractivity contribution in [2.24, 2.45) is 0 Å². The van der Waals surface area contributed by atoms with Crippen molar-refractivity contribution < 1.29 is 4.74 Å². The van der Waals surface area contributed by atoms with Crippen LogP contribution in [0.5, 0.6) is 0 Å². The SMILES string of the molecule is CCCNC(CCC(C)OC)c1ccsc1C. The van der Waals surface area contributed by atoms with Gasteiger partial charge in [0.15, 0.2) is 0 Å². The van der Waals surface area contributed by atoms with Crippen LogP contribution in [0.4, 0.5) is 0 Å². The van der Waals surface area contributed by atoms with Gasteiger partial charge in [-0.3, -0.25) is 0 Å². The van der Waals surface area contributed by atoms with Crippen LogP contribution in [0.2, 0.25) is 0 Å². The van der Waals surface area contributed by atoms with Crippen LogP contribution in [-0.4, -0.2) is 19.8 Å². The van der Waals surface area contributed by atoms with E-state index in [4.69, 9.17) is 4.74 Å². The van der Waals surface area contributed by atoms with Crippen LogP contribution in [0.15, 0.2) is 11.4 Å². The zero-order valence-corrected chi connectivity index (χ0v) is 12.3. The molecule has 1 aromatic heterocycles. The summed E-state index contributed by atoms with van der Waals surface area (Å²) in [5.41, 5.74) is 1.46. The number of aryl methyl sites for hydroxylation is 1. The molecule has 0 spiro atoms. The summed E-state index contributed by atoms with van der Waals surface area (Å²) in [6.45, 7) is 7.64. The molecule has 0 saturated carbocycles. The van der Waals surface area contributed by atoms with Gasteiger partial charge in [-0.05, 0) is 56.7 Å². The predicted molar refractivity (Wildman–Crippen MR) is 75.8 cm³/mol. The average molecular weight is 255 g/mol. The van der Waals surface area contributed by atoms with E-state index in [1.54, 1.807) is 7.11 Å². The Morgan fingerprint density at radius 3 is 2.71 bits per heavy atom. The van der Waals surface area contributed by atoms with Crippen molar-refractivity contribution in [2.75, 3.05) is 13.7 Å². The van der Waals surface area contributed by atoms with E-state index in [0.29, 0.717) is 12.1 Å². The molecule has 2 atom stereocenters. The molecule has 3 heteroatoms. The van der Waals surface area contributed by atoms with Crippen molar-refractivity contribution in [3.05, 3.63) is 21.9 Å². The van der Waals surface area contributed by atoms with E-state index < -0.39 is 0 Å². The molecule has 0 radical (unpaired) electrons. The molecule has 0 aliphatic heterocycles. The van der Waals surface area contributed by atoms with Crippen molar-refractivity contribution in [2.45, 2.75) is 52.2 Å². The molecule has 1 N–H and O–H groups in total. The Labute approximate surface area is 109 Å². The van der Waals surface area contributed by atoms with Gasteiger partial charge in [0, 0.05) is 18.0 Å². The van der Waals surface area contributed by atoms with Gasteiger partial charge in [0.2, 0.25) is 0 Å². The summed E-state index contributed by atoms with van der Waals surface area (Å²) >= 11 is 1.83. The van der Waals surface area contributed by atoms with E-state index in [1.807, 2.05) is 11.3 Å². The van der Waals surface area contributed by atoms with Crippen LogP contribution in [0.25, 0.3) is 0 Å². The Bertz CT molecular complexity index is 311. The third-order valence-electron chi connectivity index (χ3n) is 3.18. The van der Waals surface area contributed by atoms with Gasteiger partial charge in [-0.15, -0.1) is 11.3 Å². The van der Waals surface area contributed by atoms with E-state index in [1.165, 1.54) is 16.9 Å². The van der Waals surface area contributed by atoms with E-state index in [0.717, 1.165) is 19.4 Å². The van der Waals surface area contributed by atoms with Crippen molar-refractivity contribution >= 4 is 11.3 Å². The zero-order chi connectivity index (χ0) is 12.7. The van der Waals surface area contributed by atoms with Gasteiger partial charge >= 0.3 is 0 Å². The van der Waals surface area contributed by atoms with Crippen LogP contribution in [0.1, 0.15) is 49.6 Å². The lowest BCUT2D eigenvalue weighted by atomic mass is 10.0. The van der Waals surface area contributed by atoms with Crippen LogP contribution in [-0.2, 0) is 4.74 Å². The highest BCUT2D eigenvalue weighted by Crippen LogP contribution is 2.26. The molecule has 0 aromatic carbocycles. The summed E-state index contributed by atoms with van der Waals surface area (Å²) in [6.07, 6.45) is 3.78. The van der Waals surface area contributed by atoms with Crippen molar-refractivity contribution in [1.82, 2.24) is 5.32 Å².